The minimum Gasteiger partial charge on any atom is -0.341 e. The van der Waals surface area contributed by atoms with Crippen LogP contribution in [0.15, 0.2) is 0 Å². The molecule has 0 aromatic heterocycles. The maximum absolute atomic E-state index is 11.5. The molecule has 76 valence electrons. The van der Waals surface area contributed by atoms with Gasteiger partial charge in [-0.15, -0.1) is 6.42 Å². The number of carbonyl (C=O) groups excluding carboxylic acids is 2. The monoisotopic (exact) mass is 212 g/mol. The molecule has 2 atom stereocenters. The number of amides is 2. The van der Waals surface area contributed by atoms with Crippen LogP contribution in [-0.2, 0) is 4.79 Å². The number of carbonyl (C=O) groups is 2. The first-order chi connectivity index (χ1) is 6.67. The molecule has 0 saturated carbocycles. The van der Waals surface area contributed by atoms with Crippen molar-refractivity contribution < 1.29 is 9.59 Å². The Labute approximate surface area is 87.2 Å². The van der Waals surface area contributed by atoms with E-state index in [9.17, 15) is 9.59 Å². The average molecular weight is 212 g/mol. The van der Waals surface area contributed by atoms with Crippen molar-refractivity contribution in [2.24, 2.45) is 0 Å². The van der Waals surface area contributed by atoms with E-state index in [0.29, 0.717) is 12.2 Å². The highest BCUT2D eigenvalue weighted by Gasteiger charge is 2.28. The summed E-state index contributed by atoms with van der Waals surface area (Å²) in [5.41, 5.74) is 0. The maximum atomic E-state index is 11.5. The molecule has 1 heterocycles. The zero-order chi connectivity index (χ0) is 10.6. The molecule has 5 heteroatoms. The molecule has 1 fully saturated rings. The van der Waals surface area contributed by atoms with Crippen LogP contribution in [0.3, 0.4) is 0 Å². The van der Waals surface area contributed by atoms with Crippen LogP contribution >= 0.6 is 11.8 Å². The van der Waals surface area contributed by atoms with E-state index in [1.165, 1.54) is 0 Å². The highest BCUT2D eigenvalue weighted by Crippen LogP contribution is 2.12. The topological polar surface area (TPSA) is 58.2 Å². The fraction of sp³-hybridized carbons (Fsp3) is 0.556. The number of rotatable bonds is 3. The van der Waals surface area contributed by atoms with Gasteiger partial charge in [-0.05, 0) is 6.42 Å². The summed E-state index contributed by atoms with van der Waals surface area (Å²) in [4.78, 5) is 22.3. The van der Waals surface area contributed by atoms with Gasteiger partial charge in [-0.25, -0.2) is 0 Å². The Morgan fingerprint density at radius 1 is 1.93 bits per heavy atom. The van der Waals surface area contributed by atoms with Gasteiger partial charge in [-0.2, -0.15) is 0 Å². The number of nitrogens with one attached hydrogen (secondary N) is 2. The second-order valence-corrected chi connectivity index (χ2v) is 3.92. The summed E-state index contributed by atoms with van der Waals surface area (Å²) in [6.07, 6.45) is 5.89. The van der Waals surface area contributed by atoms with Crippen LogP contribution in [0.2, 0.25) is 0 Å². The molecule has 0 bridgehead atoms. The number of terminal acetylenes is 1. The summed E-state index contributed by atoms with van der Waals surface area (Å²) >= 11 is 1.11. The van der Waals surface area contributed by atoms with Crippen molar-refractivity contribution in [1.29, 1.82) is 0 Å². The Kier molecular flexibility index (Phi) is 3.84. The molecule has 2 unspecified atom stereocenters. The number of thioether (sulfide) groups is 1. The third-order valence-corrected chi connectivity index (χ3v) is 2.80. The Balaban J connectivity index is 2.43. The largest absolute Gasteiger partial charge is 0.341 e. The third kappa shape index (κ3) is 2.67. The van der Waals surface area contributed by atoms with Crippen LogP contribution in [0.25, 0.3) is 0 Å². The first-order valence-corrected chi connectivity index (χ1v) is 5.35. The van der Waals surface area contributed by atoms with E-state index in [1.54, 1.807) is 0 Å². The molecule has 2 N–H and O–H groups in total. The minimum absolute atomic E-state index is 0.154. The van der Waals surface area contributed by atoms with Gasteiger partial charge in [-0.1, -0.05) is 24.6 Å². The zero-order valence-electron chi connectivity index (χ0n) is 7.87. The van der Waals surface area contributed by atoms with Gasteiger partial charge >= 0.3 is 0 Å². The van der Waals surface area contributed by atoms with Gasteiger partial charge in [0.15, 0.2) is 0 Å². The SMILES string of the molecule is C#CC(CC)NC(=O)C1CSC(=O)N1. The average Bonchev–Trinajstić information content (AvgIpc) is 2.61. The van der Waals surface area contributed by atoms with Gasteiger partial charge in [-0.3, -0.25) is 9.59 Å². The molecule has 1 aliphatic rings. The minimum atomic E-state index is -0.435. The van der Waals surface area contributed by atoms with Gasteiger partial charge in [0, 0.05) is 5.75 Å². The first kappa shape index (κ1) is 10.9. The van der Waals surface area contributed by atoms with Crippen molar-refractivity contribution in [3.05, 3.63) is 0 Å². The third-order valence-electron chi connectivity index (χ3n) is 1.92. The summed E-state index contributed by atoms with van der Waals surface area (Å²) in [5, 5.41) is 5.07. The first-order valence-electron chi connectivity index (χ1n) is 4.37. The Hall–Kier alpha value is -1.15. The molecule has 14 heavy (non-hydrogen) atoms. The molecule has 0 aromatic rings. The van der Waals surface area contributed by atoms with Gasteiger partial charge in [0.2, 0.25) is 5.91 Å². The molecule has 4 nitrogen and oxygen atoms in total. The van der Waals surface area contributed by atoms with E-state index in [0.717, 1.165) is 11.8 Å². The van der Waals surface area contributed by atoms with E-state index in [1.807, 2.05) is 6.92 Å². The highest BCUT2D eigenvalue weighted by molar-refractivity contribution is 8.14. The lowest BCUT2D eigenvalue weighted by molar-refractivity contribution is -0.122. The lowest BCUT2D eigenvalue weighted by Gasteiger charge is -2.14. The Bertz CT molecular complexity index is 285. The molecule has 0 radical (unpaired) electrons. The second-order valence-electron chi connectivity index (χ2n) is 2.93. The lowest BCUT2D eigenvalue weighted by atomic mass is 10.2. The molecule has 0 aliphatic carbocycles. The number of hydrogen-bond acceptors (Lipinski definition) is 3. The van der Waals surface area contributed by atoms with Crippen LogP contribution in [0.1, 0.15) is 13.3 Å². The van der Waals surface area contributed by atoms with E-state index < -0.39 is 6.04 Å². The quantitative estimate of drug-likeness (QED) is 0.663. The van der Waals surface area contributed by atoms with Crippen LogP contribution in [-0.4, -0.2) is 29.0 Å². The Morgan fingerprint density at radius 2 is 2.64 bits per heavy atom. The van der Waals surface area contributed by atoms with E-state index in [4.69, 9.17) is 6.42 Å². The lowest BCUT2D eigenvalue weighted by Crippen LogP contribution is -2.46. The molecular formula is C9H12N2O2S. The predicted octanol–water partition coefficient (Wildman–Crippen LogP) is 0.339. The predicted molar refractivity (Wildman–Crippen MR) is 55.8 cm³/mol. The maximum Gasteiger partial charge on any atom is 0.279 e. The summed E-state index contributed by atoms with van der Waals surface area (Å²) in [6, 6.07) is -0.681. The van der Waals surface area contributed by atoms with Crippen molar-refractivity contribution >= 4 is 22.9 Å². The van der Waals surface area contributed by atoms with Gasteiger partial charge in [0.25, 0.3) is 5.24 Å². The molecule has 1 saturated heterocycles. The van der Waals surface area contributed by atoms with Crippen molar-refractivity contribution in [2.45, 2.75) is 25.4 Å². The Morgan fingerprint density at radius 3 is 3.07 bits per heavy atom. The molecular weight excluding hydrogens is 200 g/mol. The van der Waals surface area contributed by atoms with Crippen LogP contribution in [0, 0.1) is 12.3 Å². The van der Waals surface area contributed by atoms with Gasteiger partial charge in [0.05, 0.1) is 6.04 Å². The molecule has 1 aliphatic heterocycles. The second kappa shape index (κ2) is 4.91. The van der Waals surface area contributed by atoms with Crippen molar-refractivity contribution in [2.75, 3.05) is 5.75 Å². The highest BCUT2D eigenvalue weighted by atomic mass is 32.2. The van der Waals surface area contributed by atoms with Crippen molar-refractivity contribution in [1.82, 2.24) is 10.6 Å². The van der Waals surface area contributed by atoms with E-state index in [-0.39, 0.29) is 17.2 Å². The molecule has 2 amide bonds. The van der Waals surface area contributed by atoms with Crippen molar-refractivity contribution in [3.63, 3.8) is 0 Å². The van der Waals surface area contributed by atoms with Crippen molar-refractivity contribution in [3.8, 4) is 12.3 Å². The summed E-state index contributed by atoms with van der Waals surface area (Å²) < 4.78 is 0. The number of hydrogen-bond donors (Lipinski definition) is 2. The fourth-order valence-electron chi connectivity index (χ4n) is 1.06. The van der Waals surface area contributed by atoms with E-state index in [2.05, 4.69) is 16.6 Å². The van der Waals surface area contributed by atoms with E-state index >= 15 is 0 Å². The van der Waals surface area contributed by atoms with Gasteiger partial charge < -0.3 is 10.6 Å². The molecule has 1 rings (SSSR count). The fourth-order valence-corrected chi connectivity index (χ4v) is 1.84. The zero-order valence-corrected chi connectivity index (χ0v) is 8.69. The van der Waals surface area contributed by atoms with Crippen LogP contribution < -0.4 is 10.6 Å². The summed E-state index contributed by atoms with van der Waals surface area (Å²) in [7, 11) is 0. The smallest absolute Gasteiger partial charge is 0.279 e. The van der Waals surface area contributed by atoms with Crippen LogP contribution in [0.5, 0.6) is 0 Å². The normalized spacial score (nSPS) is 22.3. The molecule has 0 aromatic carbocycles. The van der Waals surface area contributed by atoms with Crippen LogP contribution in [0.4, 0.5) is 4.79 Å². The summed E-state index contributed by atoms with van der Waals surface area (Å²) in [6.45, 7) is 1.90. The standard InChI is InChI=1S/C9H12N2O2S/c1-3-6(4-2)10-8(12)7-5-14-9(13)11-7/h1,6-7H,4-5H2,2H3,(H,10,12)(H,11,13). The molecule has 0 spiro atoms. The van der Waals surface area contributed by atoms with Gasteiger partial charge in [0.1, 0.15) is 6.04 Å². The summed E-state index contributed by atoms with van der Waals surface area (Å²) in [5.74, 6) is 2.74.